The van der Waals surface area contributed by atoms with Gasteiger partial charge in [-0.2, -0.15) is 0 Å². The fourth-order valence-electron chi connectivity index (χ4n) is 1.94. The number of rotatable bonds is 10. The van der Waals surface area contributed by atoms with Crippen LogP contribution in [0.15, 0.2) is 18.2 Å². The highest BCUT2D eigenvalue weighted by atomic mass is 16.5. The molecule has 0 aromatic heterocycles. The minimum Gasteiger partial charge on any atom is -0.494 e. The monoisotopic (exact) mass is 293 g/mol. The third kappa shape index (κ3) is 6.17. The number of hydrogen-bond donors (Lipinski definition) is 1. The molecule has 0 bridgehead atoms. The molecule has 0 saturated carbocycles. The average molecular weight is 293 g/mol. The molecule has 1 N–H and O–H groups in total. The maximum absolute atomic E-state index is 12.1. The van der Waals surface area contributed by atoms with Gasteiger partial charge >= 0.3 is 0 Å². The molecule has 1 amide bonds. The van der Waals surface area contributed by atoms with Crippen molar-refractivity contribution in [1.82, 2.24) is 5.32 Å². The van der Waals surface area contributed by atoms with E-state index in [4.69, 9.17) is 9.47 Å². The summed E-state index contributed by atoms with van der Waals surface area (Å²) in [7, 11) is 0. The lowest BCUT2D eigenvalue weighted by molar-refractivity contribution is 0.0952. The molecule has 0 fully saturated rings. The summed E-state index contributed by atoms with van der Waals surface area (Å²) in [6, 6.07) is 5.51. The highest BCUT2D eigenvalue weighted by Crippen LogP contribution is 2.21. The van der Waals surface area contributed by atoms with Crippen LogP contribution in [0.4, 0.5) is 0 Å². The Bertz CT molecular complexity index is 432. The summed E-state index contributed by atoms with van der Waals surface area (Å²) in [4.78, 5) is 12.1. The number of unbranched alkanes of at least 4 members (excludes halogenated alkanes) is 1. The van der Waals surface area contributed by atoms with Crippen LogP contribution in [0.1, 0.15) is 56.0 Å². The largest absolute Gasteiger partial charge is 0.494 e. The molecule has 0 spiro atoms. The first-order chi connectivity index (χ1) is 10.2. The van der Waals surface area contributed by atoms with Crippen molar-refractivity contribution in [2.24, 2.45) is 0 Å². The number of benzene rings is 1. The molecular formula is C17H27NO3. The first kappa shape index (κ1) is 17.5. The summed E-state index contributed by atoms with van der Waals surface area (Å²) in [5.41, 5.74) is 1.58. The smallest absolute Gasteiger partial charge is 0.251 e. The molecule has 0 heterocycles. The van der Waals surface area contributed by atoms with Gasteiger partial charge in [0.2, 0.25) is 0 Å². The van der Waals surface area contributed by atoms with E-state index in [1.807, 2.05) is 19.1 Å². The van der Waals surface area contributed by atoms with Gasteiger partial charge in [0.1, 0.15) is 5.75 Å². The fourth-order valence-corrected chi connectivity index (χ4v) is 1.94. The Morgan fingerprint density at radius 2 is 2.00 bits per heavy atom. The molecule has 21 heavy (non-hydrogen) atoms. The van der Waals surface area contributed by atoms with Crippen LogP contribution in [0, 0.1) is 0 Å². The van der Waals surface area contributed by atoms with Gasteiger partial charge in [-0.3, -0.25) is 4.79 Å². The van der Waals surface area contributed by atoms with E-state index in [1.54, 1.807) is 6.07 Å². The van der Waals surface area contributed by atoms with Gasteiger partial charge < -0.3 is 14.8 Å². The highest BCUT2D eigenvalue weighted by molar-refractivity contribution is 5.94. The Kier molecular flexibility index (Phi) is 8.51. The van der Waals surface area contributed by atoms with E-state index in [-0.39, 0.29) is 5.91 Å². The van der Waals surface area contributed by atoms with E-state index < -0.39 is 0 Å². The van der Waals surface area contributed by atoms with Crippen LogP contribution in [0.25, 0.3) is 0 Å². The fraction of sp³-hybridized carbons (Fsp3) is 0.588. The minimum absolute atomic E-state index is 0.0387. The molecule has 1 aromatic carbocycles. The van der Waals surface area contributed by atoms with Crippen LogP contribution in [0.5, 0.6) is 5.75 Å². The second-order valence-electron chi connectivity index (χ2n) is 4.92. The van der Waals surface area contributed by atoms with Crippen LogP contribution < -0.4 is 10.1 Å². The lowest BCUT2D eigenvalue weighted by atomic mass is 10.1. The second-order valence-corrected chi connectivity index (χ2v) is 4.92. The summed E-state index contributed by atoms with van der Waals surface area (Å²) >= 11 is 0. The van der Waals surface area contributed by atoms with Crippen molar-refractivity contribution in [1.29, 1.82) is 0 Å². The number of ether oxygens (including phenoxy) is 2. The van der Waals surface area contributed by atoms with Crippen molar-refractivity contribution in [2.45, 2.75) is 46.6 Å². The van der Waals surface area contributed by atoms with Gasteiger partial charge in [0.15, 0.2) is 0 Å². The summed E-state index contributed by atoms with van der Waals surface area (Å²) in [5.74, 6) is 0.752. The molecule has 1 aromatic rings. The maximum Gasteiger partial charge on any atom is 0.251 e. The highest BCUT2D eigenvalue weighted by Gasteiger charge is 2.10. The van der Waals surface area contributed by atoms with Crippen molar-refractivity contribution < 1.29 is 14.3 Å². The third-order valence-corrected chi connectivity index (χ3v) is 3.04. The Morgan fingerprint density at radius 3 is 2.67 bits per heavy atom. The molecule has 0 aliphatic rings. The van der Waals surface area contributed by atoms with E-state index >= 15 is 0 Å². The van der Waals surface area contributed by atoms with Gasteiger partial charge in [-0.15, -0.1) is 0 Å². The lowest BCUT2D eigenvalue weighted by Crippen LogP contribution is -2.24. The summed E-state index contributed by atoms with van der Waals surface area (Å²) < 4.78 is 11.2. The van der Waals surface area contributed by atoms with Crippen molar-refractivity contribution in [3.63, 3.8) is 0 Å². The van der Waals surface area contributed by atoms with Crippen molar-refractivity contribution in [3.8, 4) is 5.75 Å². The van der Waals surface area contributed by atoms with E-state index in [1.165, 1.54) is 0 Å². The molecule has 1 rings (SSSR count). The van der Waals surface area contributed by atoms with E-state index in [9.17, 15) is 4.79 Å². The number of carbonyl (C=O) groups excluding carboxylic acids is 1. The topological polar surface area (TPSA) is 47.6 Å². The average Bonchev–Trinajstić information content (AvgIpc) is 2.49. The Morgan fingerprint density at radius 1 is 1.19 bits per heavy atom. The van der Waals surface area contributed by atoms with Gasteiger partial charge in [0, 0.05) is 24.3 Å². The zero-order valence-corrected chi connectivity index (χ0v) is 13.4. The van der Waals surface area contributed by atoms with Crippen LogP contribution >= 0.6 is 0 Å². The zero-order chi connectivity index (χ0) is 15.5. The second kappa shape index (κ2) is 10.2. The lowest BCUT2D eigenvalue weighted by Gasteiger charge is -2.12. The van der Waals surface area contributed by atoms with Crippen molar-refractivity contribution in [3.05, 3.63) is 29.3 Å². The van der Waals surface area contributed by atoms with Crippen molar-refractivity contribution in [2.75, 3.05) is 19.8 Å². The molecule has 118 valence electrons. The molecule has 0 unspecified atom stereocenters. The molecule has 4 nitrogen and oxygen atoms in total. The molecule has 4 heteroatoms. The van der Waals surface area contributed by atoms with E-state index in [2.05, 4.69) is 19.2 Å². The minimum atomic E-state index is -0.0387. The Hall–Kier alpha value is -1.55. The van der Waals surface area contributed by atoms with Crippen molar-refractivity contribution >= 4 is 5.91 Å². The van der Waals surface area contributed by atoms with Gasteiger partial charge in [-0.25, -0.2) is 0 Å². The zero-order valence-electron chi connectivity index (χ0n) is 13.4. The summed E-state index contributed by atoms with van der Waals surface area (Å²) in [6.45, 7) is 8.61. The van der Waals surface area contributed by atoms with E-state index in [0.717, 1.165) is 30.6 Å². The Labute approximate surface area is 127 Å². The molecule has 0 aliphatic carbocycles. The van der Waals surface area contributed by atoms with Gasteiger partial charge in [0.25, 0.3) is 5.91 Å². The molecule has 0 atom stereocenters. The summed E-state index contributed by atoms with van der Waals surface area (Å²) in [6.07, 6.45) is 3.04. The number of nitrogens with one attached hydrogen (secondary N) is 1. The maximum atomic E-state index is 12.1. The van der Waals surface area contributed by atoms with Gasteiger partial charge in [-0.05, 0) is 38.0 Å². The number of carbonyl (C=O) groups is 1. The first-order valence-electron chi connectivity index (χ1n) is 7.84. The SMILES string of the molecule is CCCCNC(=O)c1ccc(OCC)c(COCCC)c1. The molecule has 0 aliphatic heterocycles. The standard InChI is InChI=1S/C17H27NO3/c1-4-7-10-18-17(19)14-8-9-16(21-6-3)15(12-14)13-20-11-5-2/h8-9,12H,4-7,10-11,13H2,1-3H3,(H,18,19). The van der Waals surface area contributed by atoms with Gasteiger partial charge in [0.05, 0.1) is 13.2 Å². The first-order valence-corrected chi connectivity index (χ1v) is 7.84. The normalized spacial score (nSPS) is 10.4. The van der Waals surface area contributed by atoms with Crippen LogP contribution in [0.3, 0.4) is 0 Å². The third-order valence-electron chi connectivity index (χ3n) is 3.04. The predicted octanol–water partition coefficient (Wildman–Crippen LogP) is 3.54. The molecule has 0 saturated heterocycles. The summed E-state index contributed by atoms with van der Waals surface area (Å²) in [5, 5.41) is 2.93. The van der Waals surface area contributed by atoms with Crippen LogP contribution in [-0.4, -0.2) is 25.7 Å². The van der Waals surface area contributed by atoms with E-state index in [0.29, 0.717) is 31.9 Å². The molecule has 0 radical (unpaired) electrons. The number of hydrogen-bond acceptors (Lipinski definition) is 3. The van der Waals surface area contributed by atoms with Gasteiger partial charge in [-0.1, -0.05) is 20.3 Å². The predicted molar refractivity (Wildman–Crippen MR) is 84.8 cm³/mol. The quantitative estimate of drug-likeness (QED) is 0.671. The van der Waals surface area contributed by atoms with Crippen LogP contribution in [-0.2, 0) is 11.3 Å². The number of amides is 1. The Balaban J connectivity index is 2.76. The van der Waals surface area contributed by atoms with Crippen LogP contribution in [0.2, 0.25) is 0 Å². The molecular weight excluding hydrogens is 266 g/mol.